The van der Waals surface area contributed by atoms with Crippen molar-refractivity contribution < 1.29 is 80.2 Å². The summed E-state index contributed by atoms with van der Waals surface area (Å²) in [5.74, 6) is -0.546. The predicted molar refractivity (Wildman–Crippen MR) is 372 cm³/mol. The van der Waals surface area contributed by atoms with Gasteiger partial charge in [0, 0.05) is 25.7 Å². The van der Waals surface area contributed by atoms with Gasteiger partial charge in [0.05, 0.1) is 26.4 Å². The zero-order valence-corrected chi connectivity index (χ0v) is 61.6. The van der Waals surface area contributed by atoms with E-state index in [0.29, 0.717) is 25.7 Å². The molecule has 0 aliphatic rings. The van der Waals surface area contributed by atoms with E-state index in [0.717, 1.165) is 108 Å². The predicted octanol–water partition coefficient (Wildman–Crippen LogP) is 21.2. The lowest BCUT2D eigenvalue weighted by Crippen LogP contribution is -2.30. The summed E-state index contributed by atoms with van der Waals surface area (Å²) in [6.07, 6.45) is 51.2. The first-order valence-electron chi connectivity index (χ1n) is 38.0. The third-order valence-electron chi connectivity index (χ3n) is 17.3. The van der Waals surface area contributed by atoms with Gasteiger partial charge in [0.1, 0.15) is 19.3 Å². The first-order valence-corrected chi connectivity index (χ1v) is 41.0. The Balaban J connectivity index is 5.23. The molecule has 546 valence electrons. The van der Waals surface area contributed by atoms with Gasteiger partial charge in [-0.25, -0.2) is 9.13 Å². The summed E-state index contributed by atoms with van der Waals surface area (Å²) in [5, 5.41) is 10.6. The molecule has 0 bridgehead atoms. The highest BCUT2D eigenvalue weighted by atomic mass is 31.2. The number of carbonyl (C=O) groups excluding carboxylic acids is 4. The summed E-state index contributed by atoms with van der Waals surface area (Å²) in [5.41, 5.74) is 0. The van der Waals surface area contributed by atoms with Crippen LogP contribution in [0.4, 0.5) is 0 Å². The number of carbonyl (C=O) groups is 4. The van der Waals surface area contributed by atoms with Gasteiger partial charge in [0.15, 0.2) is 12.2 Å². The SMILES string of the molecule is CCCCCCCCCCCCCCCCCCC(=O)O[C@H](COC(=O)CCCCCCCCCCCCCC(C)C)COP(=O)(O)OC[C@@H](O)COP(=O)(O)OC[C@@H](COC(=O)CCCCCCCCCC)OC(=O)CCCCCCCCCCCCC(C)CC. The van der Waals surface area contributed by atoms with Crippen LogP contribution in [0.3, 0.4) is 0 Å². The van der Waals surface area contributed by atoms with Gasteiger partial charge >= 0.3 is 39.5 Å². The van der Waals surface area contributed by atoms with Crippen molar-refractivity contribution in [1.82, 2.24) is 0 Å². The molecular weight excluding hydrogens is 1210 g/mol. The zero-order valence-electron chi connectivity index (χ0n) is 59.9. The Morgan fingerprint density at radius 2 is 0.554 bits per heavy atom. The van der Waals surface area contributed by atoms with Crippen molar-refractivity contribution in [3.8, 4) is 0 Å². The minimum Gasteiger partial charge on any atom is -0.462 e. The molecule has 0 aliphatic heterocycles. The van der Waals surface area contributed by atoms with Crippen molar-refractivity contribution in [1.29, 1.82) is 0 Å². The number of hydrogen-bond donors (Lipinski definition) is 3. The maximum Gasteiger partial charge on any atom is 0.472 e. The number of esters is 4. The van der Waals surface area contributed by atoms with E-state index in [-0.39, 0.29) is 25.7 Å². The Labute approximate surface area is 562 Å². The van der Waals surface area contributed by atoms with Gasteiger partial charge in [-0.05, 0) is 37.5 Å². The van der Waals surface area contributed by atoms with Crippen LogP contribution < -0.4 is 0 Å². The van der Waals surface area contributed by atoms with Crippen LogP contribution in [0, 0.1) is 11.8 Å². The highest BCUT2D eigenvalue weighted by Crippen LogP contribution is 2.45. The average molecular weight is 1350 g/mol. The van der Waals surface area contributed by atoms with Gasteiger partial charge in [-0.3, -0.25) is 37.3 Å². The zero-order chi connectivity index (χ0) is 67.9. The lowest BCUT2D eigenvalue weighted by Gasteiger charge is -2.21. The molecule has 0 fully saturated rings. The van der Waals surface area contributed by atoms with E-state index in [1.807, 2.05) is 0 Å². The molecule has 0 aromatic carbocycles. The number of rotatable bonds is 72. The second kappa shape index (κ2) is 65.0. The second-order valence-corrected chi connectivity index (χ2v) is 30.0. The fourth-order valence-electron chi connectivity index (χ4n) is 11.1. The van der Waals surface area contributed by atoms with E-state index in [2.05, 4.69) is 41.5 Å². The molecule has 0 aromatic rings. The van der Waals surface area contributed by atoms with Gasteiger partial charge < -0.3 is 33.8 Å². The van der Waals surface area contributed by atoms with Crippen molar-refractivity contribution in [2.75, 3.05) is 39.6 Å². The lowest BCUT2D eigenvalue weighted by atomic mass is 9.99. The molecule has 6 atom stereocenters. The second-order valence-electron chi connectivity index (χ2n) is 27.1. The topological polar surface area (TPSA) is 237 Å². The van der Waals surface area contributed by atoms with E-state index >= 15 is 0 Å². The monoisotopic (exact) mass is 1350 g/mol. The van der Waals surface area contributed by atoms with E-state index in [1.165, 1.54) is 186 Å². The molecule has 0 aromatic heterocycles. The van der Waals surface area contributed by atoms with Crippen LogP contribution in [0.2, 0.25) is 0 Å². The van der Waals surface area contributed by atoms with Crippen molar-refractivity contribution in [2.45, 2.75) is 394 Å². The molecule has 0 rings (SSSR count). The number of aliphatic hydroxyl groups excluding tert-OH is 1. The molecule has 92 heavy (non-hydrogen) atoms. The third kappa shape index (κ3) is 65.4. The Hall–Kier alpha value is -1.94. The summed E-state index contributed by atoms with van der Waals surface area (Å²) in [6, 6.07) is 0. The van der Waals surface area contributed by atoms with Gasteiger partial charge in [0.2, 0.25) is 0 Å². The number of ether oxygens (including phenoxy) is 4. The molecule has 17 nitrogen and oxygen atoms in total. The molecule has 0 heterocycles. The Bertz CT molecular complexity index is 1790. The quantitative estimate of drug-likeness (QED) is 0.0222. The summed E-state index contributed by atoms with van der Waals surface area (Å²) in [6.45, 7) is 9.58. The first kappa shape index (κ1) is 90.1. The molecule has 0 amide bonds. The van der Waals surface area contributed by atoms with Gasteiger partial charge in [-0.15, -0.1) is 0 Å². The van der Waals surface area contributed by atoms with Crippen LogP contribution in [0.15, 0.2) is 0 Å². The molecule has 0 spiro atoms. The van der Waals surface area contributed by atoms with Crippen LogP contribution in [0.1, 0.15) is 375 Å². The number of hydrogen-bond acceptors (Lipinski definition) is 15. The van der Waals surface area contributed by atoms with E-state index in [9.17, 15) is 43.2 Å². The van der Waals surface area contributed by atoms with Gasteiger partial charge in [0.25, 0.3) is 0 Å². The fraction of sp³-hybridized carbons (Fsp3) is 0.945. The standard InChI is InChI=1S/C73H142O17P2/c1-7-10-12-14-16-18-19-20-21-22-23-26-33-39-45-51-57-72(77)90-69(62-84-71(76)56-50-44-38-32-27-24-25-30-35-41-47-53-65(4)5)64-88-92(81,82)86-60-67(74)59-85-91(79,80)87-63-68(61-83-70(75)55-49-43-37-17-15-13-11-8-2)89-73(78)58-52-46-40-34-29-28-31-36-42-48-54-66(6)9-3/h65-69,74H,7-64H2,1-6H3,(H,79,80)(H,81,82)/t66?,67-,68+,69+/m0/s1. The van der Waals surface area contributed by atoms with E-state index < -0.39 is 97.5 Å². The Morgan fingerprint density at radius 1 is 0.315 bits per heavy atom. The number of phosphoric ester groups is 2. The first-order chi connectivity index (χ1) is 44.4. The minimum atomic E-state index is -4.95. The Morgan fingerprint density at radius 3 is 0.826 bits per heavy atom. The van der Waals surface area contributed by atoms with Gasteiger partial charge in [-0.2, -0.15) is 0 Å². The van der Waals surface area contributed by atoms with Crippen molar-refractivity contribution in [3.05, 3.63) is 0 Å². The van der Waals surface area contributed by atoms with E-state index in [4.69, 9.17) is 37.0 Å². The molecule has 0 saturated carbocycles. The highest BCUT2D eigenvalue weighted by molar-refractivity contribution is 7.47. The lowest BCUT2D eigenvalue weighted by molar-refractivity contribution is -0.161. The normalized spacial score (nSPS) is 14.4. The molecule has 0 aliphatic carbocycles. The highest BCUT2D eigenvalue weighted by Gasteiger charge is 2.30. The number of aliphatic hydroxyl groups is 1. The number of phosphoric acid groups is 2. The molecule has 19 heteroatoms. The maximum atomic E-state index is 13.1. The summed E-state index contributed by atoms with van der Waals surface area (Å²) in [7, 11) is -9.90. The molecule has 0 saturated heterocycles. The van der Waals surface area contributed by atoms with Crippen LogP contribution in [-0.2, 0) is 65.4 Å². The smallest absolute Gasteiger partial charge is 0.462 e. The summed E-state index contributed by atoms with van der Waals surface area (Å²) < 4.78 is 68.4. The number of unbranched alkanes of at least 4 members (excludes halogenated alkanes) is 41. The van der Waals surface area contributed by atoms with Crippen molar-refractivity contribution >= 4 is 39.5 Å². The van der Waals surface area contributed by atoms with E-state index in [1.54, 1.807) is 0 Å². The molecule has 3 unspecified atom stereocenters. The fourth-order valence-corrected chi connectivity index (χ4v) is 12.7. The molecular formula is C73H142O17P2. The third-order valence-corrected chi connectivity index (χ3v) is 19.2. The Kier molecular flexibility index (Phi) is 63.7. The van der Waals surface area contributed by atoms with Gasteiger partial charge in [-0.1, -0.05) is 324 Å². The van der Waals surface area contributed by atoms with Crippen LogP contribution in [-0.4, -0.2) is 96.7 Å². The minimum absolute atomic E-state index is 0.106. The van der Waals surface area contributed by atoms with Crippen LogP contribution >= 0.6 is 15.6 Å². The van der Waals surface area contributed by atoms with Crippen LogP contribution in [0.25, 0.3) is 0 Å². The summed E-state index contributed by atoms with van der Waals surface area (Å²) in [4.78, 5) is 72.6. The molecule has 0 radical (unpaired) electrons. The summed E-state index contributed by atoms with van der Waals surface area (Å²) >= 11 is 0. The van der Waals surface area contributed by atoms with Crippen molar-refractivity contribution in [3.63, 3.8) is 0 Å². The largest absolute Gasteiger partial charge is 0.472 e. The average Bonchev–Trinajstić information content (AvgIpc) is 3.52. The molecule has 3 N–H and O–H groups in total. The maximum absolute atomic E-state index is 13.1. The van der Waals surface area contributed by atoms with Crippen LogP contribution in [0.5, 0.6) is 0 Å². The van der Waals surface area contributed by atoms with Crippen molar-refractivity contribution in [2.24, 2.45) is 11.8 Å².